The maximum Gasteiger partial charge on any atom is 0.131 e. The van der Waals surface area contributed by atoms with Gasteiger partial charge in [0.05, 0.1) is 5.52 Å². The highest BCUT2D eigenvalue weighted by Gasteiger charge is 2.09. The van der Waals surface area contributed by atoms with E-state index in [9.17, 15) is 4.39 Å². The molecule has 3 heteroatoms. The first kappa shape index (κ1) is 12.8. The second kappa shape index (κ2) is 5.02. The van der Waals surface area contributed by atoms with E-state index < -0.39 is 0 Å². The third-order valence-electron chi connectivity index (χ3n) is 3.43. The van der Waals surface area contributed by atoms with Gasteiger partial charge >= 0.3 is 0 Å². The second-order valence-corrected chi connectivity index (χ2v) is 4.94. The molecule has 0 spiro atoms. The summed E-state index contributed by atoms with van der Waals surface area (Å²) in [4.78, 5) is 4.27. The highest BCUT2D eigenvalue weighted by atomic mass is 19.1. The maximum atomic E-state index is 14.1. The first-order chi connectivity index (χ1) is 9.65. The Hall–Kier alpha value is -2.26. The molecule has 3 rings (SSSR count). The van der Waals surface area contributed by atoms with E-state index in [1.807, 2.05) is 43.3 Å². The van der Waals surface area contributed by atoms with Gasteiger partial charge < -0.3 is 5.73 Å². The fourth-order valence-electron chi connectivity index (χ4n) is 2.29. The minimum Gasteiger partial charge on any atom is -0.324 e. The zero-order chi connectivity index (χ0) is 14.1. The molecule has 0 amide bonds. The third-order valence-corrected chi connectivity index (χ3v) is 3.43. The number of aromatic nitrogens is 1. The van der Waals surface area contributed by atoms with E-state index >= 15 is 0 Å². The summed E-state index contributed by atoms with van der Waals surface area (Å²) in [5.74, 6) is -0.238. The first-order valence-electron chi connectivity index (χ1n) is 6.55. The fraction of sp³-hybridized carbons (Fsp3) is 0.118. The first-order valence-corrected chi connectivity index (χ1v) is 6.55. The van der Waals surface area contributed by atoms with Crippen LogP contribution in [0, 0.1) is 5.82 Å². The largest absolute Gasteiger partial charge is 0.324 e. The van der Waals surface area contributed by atoms with Gasteiger partial charge in [0.25, 0.3) is 0 Å². The SMILES string of the molecule is CC(N)c1ccc(F)c(-c2ccc3ncccc3c2)c1. The normalized spacial score (nSPS) is 12.6. The lowest BCUT2D eigenvalue weighted by atomic mass is 9.98. The van der Waals surface area contributed by atoms with Crippen LogP contribution in [-0.4, -0.2) is 4.98 Å². The van der Waals surface area contributed by atoms with E-state index in [0.29, 0.717) is 5.56 Å². The average Bonchev–Trinajstić information content (AvgIpc) is 2.47. The third kappa shape index (κ3) is 2.28. The van der Waals surface area contributed by atoms with Crippen LogP contribution in [-0.2, 0) is 0 Å². The number of hydrogen-bond donors (Lipinski definition) is 1. The molecule has 2 nitrogen and oxygen atoms in total. The van der Waals surface area contributed by atoms with Gasteiger partial charge in [0.1, 0.15) is 5.82 Å². The molecule has 0 fully saturated rings. The molecule has 3 aromatic rings. The van der Waals surface area contributed by atoms with Crippen LogP contribution in [0.3, 0.4) is 0 Å². The summed E-state index contributed by atoms with van der Waals surface area (Å²) in [5.41, 5.74) is 9.11. The molecule has 100 valence electrons. The van der Waals surface area contributed by atoms with Crippen LogP contribution in [0.4, 0.5) is 4.39 Å². The van der Waals surface area contributed by atoms with E-state index in [1.54, 1.807) is 12.3 Å². The van der Waals surface area contributed by atoms with Crippen molar-refractivity contribution in [3.05, 3.63) is 66.1 Å². The summed E-state index contributed by atoms with van der Waals surface area (Å²) >= 11 is 0. The number of rotatable bonds is 2. The molecule has 0 bridgehead atoms. The molecule has 2 N–H and O–H groups in total. The zero-order valence-electron chi connectivity index (χ0n) is 11.2. The van der Waals surface area contributed by atoms with E-state index in [0.717, 1.165) is 22.0 Å². The molecular weight excluding hydrogens is 251 g/mol. The summed E-state index contributed by atoms with van der Waals surface area (Å²) in [6.07, 6.45) is 1.75. The quantitative estimate of drug-likeness (QED) is 0.759. The van der Waals surface area contributed by atoms with Gasteiger partial charge in [0.2, 0.25) is 0 Å². The average molecular weight is 266 g/mol. The Labute approximate surface area is 117 Å². The van der Waals surface area contributed by atoms with Crippen molar-refractivity contribution in [1.29, 1.82) is 0 Å². The molecule has 1 aromatic heterocycles. The molecule has 0 saturated carbocycles. The zero-order valence-corrected chi connectivity index (χ0v) is 11.2. The summed E-state index contributed by atoms with van der Waals surface area (Å²) in [6.45, 7) is 1.89. The fourth-order valence-corrected chi connectivity index (χ4v) is 2.29. The lowest BCUT2D eigenvalue weighted by molar-refractivity contribution is 0.629. The van der Waals surface area contributed by atoms with Gasteiger partial charge in [-0.05, 0) is 48.4 Å². The molecule has 2 aromatic carbocycles. The van der Waals surface area contributed by atoms with E-state index in [1.165, 1.54) is 6.07 Å². The number of nitrogens with two attached hydrogens (primary N) is 1. The molecule has 1 heterocycles. The van der Waals surface area contributed by atoms with Crippen molar-refractivity contribution in [3.63, 3.8) is 0 Å². The van der Waals surface area contributed by atoms with Gasteiger partial charge in [0, 0.05) is 23.2 Å². The number of pyridine rings is 1. The number of hydrogen-bond acceptors (Lipinski definition) is 2. The van der Waals surface area contributed by atoms with Crippen molar-refractivity contribution < 1.29 is 4.39 Å². The minimum absolute atomic E-state index is 0.114. The number of halogens is 1. The van der Waals surface area contributed by atoms with Crippen LogP contribution in [0.15, 0.2) is 54.7 Å². The molecule has 0 saturated heterocycles. The Morgan fingerprint density at radius 3 is 2.75 bits per heavy atom. The Morgan fingerprint density at radius 2 is 1.95 bits per heavy atom. The van der Waals surface area contributed by atoms with E-state index in [2.05, 4.69) is 4.98 Å². The molecule has 0 radical (unpaired) electrons. The molecule has 0 aliphatic carbocycles. The van der Waals surface area contributed by atoms with Crippen molar-refractivity contribution >= 4 is 10.9 Å². The standard InChI is InChI=1S/C17H15FN2/c1-11(19)12-4-6-16(18)15(10-12)13-5-7-17-14(9-13)3-2-8-20-17/h2-11H,19H2,1H3. The van der Waals surface area contributed by atoms with E-state index in [4.69, 9.17) is 5.73 Å². The number of nitrogens with zero attached hydrogens (tertiary/aromatic N) is 1. The molecule has 1 unspecified atom stereocenters. The lowest BCUT2D eigenvalue weighted by Gasteiger charge is -2.10. The van der Waals surface area contributed by atoms with Gasteiger partial charge in [-0.2, -0.15) is 0 Å². The Balaban J connectivity index is 2.17. The predicted molar refractivity (Wildman–Crippen MR) is 79.7 cm³/mol. The van der Waals surface area contributed by atoms with Crippen molar-refractivity contribution in [2.24, 2.45) is 5.73 Å². The maximum absolute atomic E-state index is 14.1. The minimum atomic E-state index is -0.238. The Morgan fingerprint density at radius 1 is 1.10 bits per heavy atom. The summed E-state index contributed by atoms with van der Waals surface area (Å²) < 4.78 is 14.1. The van der Waals surface area contributed by atoms with Crippen molar-refractivity contribution in [2.75, 3.05) is 0 Å². The van der Waals surface area contributed by atoms with Crippen LogP contribution in [0.25, 0.3) is 22.0 Å². The molecule has 0 aliphatic rings. The Kier molecular flexibility index (Phi) is 3.20. The monoisotopic (exact) mass is 266 g/mol. The van der Waals surface area contributed by atoms with Crippen LogP contribution >= 0.6 is 0 Å². The molecular formula is C17H15FN2. The van der Waals surface area contributed by atoms with Gasteiger partial charge in [0.15, 0.2) is 0 Å². The van der Waals surface area contributed by atoms with Crippen molar-refractivity contribution in [3.8, 4) is 11.1 Å². The highest BCUT2D eigenvalue weighted by molar-refractivity contribution is 5.84. The number of benzene rings is 2. The van der Waals surface area contributed by atoms with Gasteiger partial charge in [-0.3, -0.25) is 4.98 Å². The van der Waals surface area contributed by atoms with Gasteiger partial charge in [-0.15, -0.1) is 0 Å². The van der Waals surface area contributed by atoms with Gasteiger partial charge in [-0.1, -0.05) is 18.2 Å². The summed E-state index contributed by atoms with van der Waals surface area (Å²) in [7, 11) is 0. The predicted octanol–water partition coefficient (Wildman–Crippen LogP) is 4.06. The van der Waals surface area contributed by atoms with Crippen LogP contribution in [0.2, 0.25) is 0 Å². The van der Waals surface area contributed by atoms with Crippen LogP contribution in [0.5, 0.6) is 0 Å². The van der Waals surface area contributed by atoms with Crippen molar-refractivity contribution in [2.45, 2.75) is 13.0 Å². The molecule has 20 heavy (non-hydrogen) atoms. The van der Waals surface area contributed by atoms with Gasteiger partial charge in [-0.25, -0.2) is 4.39 Å². The summed E-state index contributed by atoms with van der Waals surface area (Å²) in [6, 6.07) is 14.5. The lowest BCUT2D eigenvalue weighted by Crippen LogP contribution is -2.05. The van der Waals surface area contributed by atoms with Crippen LogP contribution < -0.4 is 5.73 Å². The van der Waals surface area contributed by atoms with Crippen molar-refractivity contribution in [1.82, 2.24) is 4.98 Å². The molecule has 0 aliphatic heterocycles. The smallest absolute Gasteiger partial charge is 0.131 e. The highest BCUT2D eigenvalue weighted by Crippen LogP contribution is 2.28. The molecule has 1 atom stereocenters. The second-order valence-electron chi connectivity index (χ2n) is 4.94. The summed E-state index contributed by atoms with van der Waals surface area (Å²) in [5, 5.41) is 0.996. The van der Waals surface area contributed by atoms with E-state index in [-0.39, 0.29) is 11.9 Å². The topological polar surface area (TPSA) is 38.9 Å². The Bertz CT molecular complexity index is 766. The van der Waals surface area contributed by atoms with Crippen LogP contribution in [0.1, 0.15) is 18.5 Å². The number of fused-ring (bicyclic) bond motifs is 1.